The van der Waals surface area contributed by atoms with Crippen molar-refractivity contribution in [2.75, 3.05) is 19.8 Å². The van der Waals surface area contributed by atoms with E-state index in [-0.39, 0.29) is 19.8 Å². The maximum absolute atomic E-state index is 9.46. The molecule has 116 valence electrons. The number of halogens is 1. The summed E-state index contributed by atoms with van der Waals surface area (Å²) in [6, 6.07) is 7.35. The third-order valence-electron chi connectivity index (χ3n) is 1.99. The first-order chi connectivity index (χ1) is 9.95. The van der Waals surface area contributed by atoms with E-state index in [1.807, 2.05) is 12.1 Å². The second-order valence-electron chi connectivity index (χ2n) is 3.85. The lowest BCUT2D eigenvalue weighted by Crippen LogP contribution is -2.21. The molecule has 1 aromatic rings. The van der Waals surface area contributed by atoms with E-state index in [1.54, 1.807) is 12.1 Å². The SMILES string of the molecule is C#CCOCC(O)COCc1ccc(Cl)cc1.NC(=O)O. The van der Waals surface area contributed by atoms with Crippen LogP contribution in [0.2, 0.25) is 5.02 Å². The Morgan fingerprint density at radius 1 is 1.33 bits per heavy atom. The van der Waals surface area contributed by atoms with E-state index in [9.17, 15) is 5.11 Å². The van der Waals surface area contributed by atoms with Crippen LogP contribution >= 0.6 is 11.6 Å². The van der Waals surface area contributed by atoms with E-state index in [2.05, 4.69) is 11.7 Å². The molecule has 0 aliphatic heterocycles. The molecular weight excluding hydrogens is 298 g/mol. The summed E-state index contributed by atoms with van der Waals surface area (Å²) in [7, 11) is 0. The number of aliphatic hydroxyl groups is 1. The highest BCUT2D eigenvalue weighted by atomic mass is 35.5. The lowest BCUT2D eigenvalue weighted by atomic mass is 10.2. The molecule has 0 bridgehead atoms. The quantitative estimate of drug-likeness (QED) is 0.522. The Balaban J connectivity index is 0.000000885. The Labute approximate surface area is 128 Å². The molecule has 0 aromatic heterocycles. The molecule has 21 heavy (non-hydrogen) atoms. The van der Waals surface area contributed by atoms with Gasteiger partial charge < -0.3 is 25.4 Å². The van der Waals surface area contributed by atoms with Crippen LogP contribution in [0.4, 0.5) is 4.79 Å². The molecule has 1 amide bonds. The number of rotatable bonds is 7. The number of carboxylic acid groups (broad SMARTS) is 1. The summed E-state index contributed by atoms with van der Waals surface area (Å²) >= 11 is 5.75. The van der Waals surface area contributed by atoms with E-state index in [4.69, 9.17) is 37.4 Å². The van der Waals surface area contributed by atoms with E-state index in [1.165, 1.54) is 0 Å². The van der Waals surface area contributed by atoms with Crippen molar-refractivity contribution in [3.05, 3.63) is 34.9 Å². The summed E-state index contributed by atoms with van der Waals surface area (Å²) in [4.78, 5) is 8.78. The van der Waals surface area contributed by atoms with Crippen molar-refractivity contribution in [1.82, 2.24) is 0 Å². The predicted molar refractivity (Wildman–Crippen MR) is 79.0 cm³/mol. The number of primary amides is 1. The van der Waals surface area contributed by atoms with Gasteiger partial charge in [-0.25, -0.2) is 4.79 Å². The van der Waals surface area contributed by atoms with Gasteiger partial charge >= 0.3 is 6.09 Å². The number of aliphatic hydroxyl groups excluding tert-OH is 1. The van der Waals surface area contributed by atoms with Crippen molar-refractivity contribution < 1.29 is 24.5 Å². The average molecular weight is 316 g/mol. The molecule has 0 radical (unpaired) electrons. The van der Waals surface area contributed by atoms with Crippen molar-refractivity contribution in [2.45, 2.75) is 12.7 Å². The molecule has 1 rings (SSSR count). The van der Waals surface area contributed by atoms with Gasteiger partial charge in [0.1, 0.15) is 12.7 Å². The van der Waals surface area contributed by atoms with Gasteiger partial charge in [-0.05, 0) is 17.7 Å². The fourth-order valence-electron chi connectivity index (χ4n) is 1.20. The number of benzene rings is 1. The third kappa shape index (κ3) is 13.0. The zero-order valence-electron chi connectivity index (χ0n) is 11.4. The van der Waals surface area contributed by atoms with Gasteiger partial charge in [-0.3, -0.25) is 0 Å². The van der Waals surface area contributed by atoms with Crippen LogP contribution < -0.4 is 5.73 Å². The molecule has 4 N–H and O–H groups in total. The molecular formula is C14H18ClNO5. The fraction of sp³-hybridized carbons (Fsp3) is 0.357. The van der Waals surface area contributed by atoms with Gasteiger partial charge in [0.15, 0.2) is 0 Å². The topological polar surface area (TPSA) is 102 Å². The highest BCUT2D eigenvalue weighted by Gasteiger charge is 2.04. The summed E-state index contributed by atoms with van der Waals surface area (Å²) in [5.41, 5.74) is 5.03. The van der Waals surface area contributed by atoms with Crippen LogP contribution in [0.15, 0.2) is 24.3 Å². The smallest absolute Gasteiger partial charge is 0.402 e. The van der Waals surface area contributed by atoms with Crippen LogP contribution in [0.5, 0.6) is 0 Å². The van der Waals surface area contributed by atoms with Crippen molar-refractivity contribution in [1.29, 1.82) is 0 Å². The van der Waals surface area contributed by atoms with Crippen LogP contribution in [0.3, 0.4) is 0 Å². The summed E-state index contributed by atoms with van der Waals surface area (Å²) < 4.78 is 10.3. The lowest BCUT2D eigenvalue weighted by Gasteiger charge is -2.10. The Morgan fingerprint density at radius 3 is 2.38 bits per heavy atom. The number of ether oxygens (including phenoxy) is 2. The summed E-state index contributed by atoms with van der Waals surface area (Å²) in [6.45, 7) is 1.04. The minimum absolute atomic E-state index is 0.185. The molecule has 0 fully saturated rings. The van der Waals surface area contributed by atoms with Gasteiger partial charge in [0.2, 0.25) is 0 Å². The molecule has 7 heteroatoms. The first kappa shape index (κ1) is 19.2. The maximum atomic E-state index is 9.46. The summed E-state index contributed by atoms with van der Waals surface area (Å²) in [5.74, 6) is 2.32. The number of carbonyl (C=O) groups is 1. The average Bonchev–Trinajstić information content (AvgIpc) is 2.41. The van der Waals surface area contributed by atoms with Crippen LogP contribution in [0, 0.1) is 12.3 Å². The highest BCUT2D eigenvalue weighted by molar-refractivity contribution is 6.30. The van der Waals surface area contributed by atoms with E-state index in [0.29, 0.717) is 11.6 Å². The second-order valence-corrected chi connectivity index (χ2v) is 4.29. The van der Waals surface area contributed by atoms with Gasteiger partial charge in [0.25, 0.3) is 0 Å². The molecule has 1 atom stereocenters. The number of terminal acetylenes is 1. The molecule has 0 saturated heterocycles. The molecule has 0 saturated carbocycles. The van der Waals surface area contributed by atoms with Gasteiger partial charge in [0, 0.05) is 5.02 Å². The Bertz CT molecular complexity index is 440. The number of nitrogens with two attached hydrogens (primary N) is 1. The Hall–Kier alpha value is -1.78. The van der Waals surface area contributed by atoms with Gasteiger partial charge in [-0.15, -0.1) is 6.42 Å². The van der Waals surface area contributed by atoms with E-state index in [0.717, 1.165) is 5.56 Å². The van der Waals surface area contributed by atoms with E-state index >= 15 is 0 Å². The van der Waals surface area contributed by atoms with Crippen molar-refractivity contribution >= 4 is 17.7 Å². The Morgan fingerprint density at radius 2 is 1.86 bits per heavy atom. The summed E-state index contributed by atoms with van der Waals surface area (Å²) in [5, 5.41) is 17.3. The largest absolute Gasteiger partial charge is 0.465 e. The maximum Gasteiger partial charge on any atom is 0.402 e. The zero-order valence-corrected chi connectivity index (χ0v) is 12.1. The minimum Gasteiger partial charge on any atom is -0.465 e. The number of hydrogen-bond acceptors (Lipinski definition) is 4. The van der Waals surface area contributed by atoms with Crippen LogP contribution in [-0.4, -0.2) is 42.2 Å². The molecule has 0 spiro atoms. The monoisotopic (exact) mass is 315 g/mol. The predicted octanol–water partition coefficient (Wildman–Crippen LogP) is 1.49. The van der Waals surface area contributed by atoms with Crippen LogP contribution in [0.1, 0.15) is 5.56 Å². The van der Waals surface area contributed by atoms with Gasteiger partial charge in [-0.1, -0.05) is 29.7 Å². The van der Waals surface area contributed by atoms with Crippen LogP contribution in [0.25, 0.3) is 0 Å². The zero-order chi connectivity index (χ0) is 16.1. The standard InChI is InChI=1S/C13H15ClO3.CH3NO2/c1-2-7-16-9-13(15)10-17-8-11-3-5-12(14)6-4-11;2-1(3)4/h1,3-6,13,15H,7-10H2;2H2,(H,3,4). The first-order valence-electron chi connectivity index (χ1n) is 5.95. The molecule has 0 heterocycles. The number of amides is 1. The Kier molecular flexibility index (Phi) is 11.0. The summed E-state index contributed by atoms with van der Waals surface area (Å²) in [6.07, 6.45) is 3.01. The fourth-order valence-corrected chi connectivity index (χ4v) is 1.32. The molecule has 0 aliphatic carbocycles. The normalized spacial score (nSPS) is 10.9. The highest BCUT2D eigenvalue weighted by Crippen LogP contribution is 2.10. The molecule has 1 aromatic carbocycles. The van der Waals surface area contributed by atoms with E-state index < -0.39 is 12.2 Å². The third-order valence-corrected chi connectivity index (χ3v) is 2.24. The first-order valence-corrected chi connectivity index (χ1v) is 6.33. The lowest BCUT2D eigenvalue weighted by molar-refractivity contribution is -0.0170. The second kappa shape index (κ2) is 12.0. The van der Waals surface area contributed by atoms with Crippen molar-refractivity contribution in [2.24, 2.45) is 5.73 Å². The van der Waals surface area contributed by atoms with Crippen molar-refractivity contribution in [3.8, 4) is 12.3 Å². The molecule has 6 nitrogen and oxygen atoms in total. The minimum atomic E-state index is -1.33. The molecule has 0 aliphatic rings. The van der Waals surface area contributed by atoms with Gasteiger partial charge in [-0.2, -0.15) is 0 Å². The van der Waals surface area contributed by atoms with Gasteiger partial charge in [0.05, 0.1) is 19.8 Å². The van der Waals surface area contributed by atoms with Crippen LogP contribution in [-0.2, 0) is 16.1 Å². The number of hydrogen-bond donors (Lipinski definition) is 3. The molecule has 1 unspecified atom stereocenters. The van der Waals surface area contributed by atoms with Crippen molar-refractivity contribution in [3.63, 3.8) is 0 Å².